The fourth-order valence-electron chi connectivity index (χ4n) is 1.18. The van der Waals surface area contributed by atoms with E-state index in [0.29, 0.717) is 6.54 Å². The number of methoxy groups -OCH3 is 1. The largest absolute Gasteiger partial charge is 0.497 e. The molecule has 0 bridgehead atoms. The Labute approximate surface area is 84.7 Å². The number of aliphatic hydroxyl groups is 1. The van der Waals surface area contributed by atoms with Gasteiger partial charge in [-0.3, -0.25) is 0 Å². The van der Waals surface area contributed by atoms with Crippen molar-refractivity contribution in [2.24, 2.45) is 0 Å². The maximum Gasteiger partial charge on any atom is 0.120 e. The number of benzene rings is 1. The molecule has 0 heterocycles. The number of hydrogen-bond acceptors (Lipinski definition) is 3. The number of nitrogens with one attached hydrogen (secondary N) is 1. The molecule has 0 spiro atoms. The molecule has 0 aliphatic carbocycles. The molecule has 14 heavy (non-hydrogen) atoms. The summed E-state index contributed by atoms with van der Waals surface area (Å²) in [6.45, 7) is 4.32. The molecule has 0 aliphatic rings. The van der Waals surface area contributed by atoms with Crippen LogP contribution in [-0.2, 0) is 0 Å². The molecular formula is C11H17NO2. The monoisotopic (exact) mass is 195 g/mol. The average molecular weight is 195 g/mol. The van der Waals surface area contributed by atoms with Crippen molar-refractivity contribution in [3.63, 3.8) is 0 Å². The molecule has 1 aromatic rings. The third-order valence-electron chi connectivity index (χ3n) is 2.03. The predicted octanol–water partition coefficient (Wildman–Crippen LogP) is 1.80. The minimum atomic E-state index is -0.347. The van der Waals surface area contributed by atoms with Crippen molar-refractivity contribution in [3.8, 4) is 5.75 Å². The van der Waals surface area contributed by atoms with E-state index < -0.39 is 0 Å². The number of aliphatic hydroxyl groups excluding tert-OH is 1. The fourth-order valence-corrected chi connectivity index (χ4v) is 1.18. The maximum atomic E-state index is 9.14. The first-order valence-electron chi connectivity index (χ1n) is 4.70. The Morgan fingerprint density at radius 1 is 1.50 bits per heavy atom. The first kappa shape index (κ1) is 10.9. The van der Waals surface area contributed by atoms with Gasteiger partial charge in [0.15, 0.2) is 0 Å². The fraction of sp³-hybridized carbons (Fsp3) is 0.455. The van der Waals surface area contributed by atoms with Gasteiger partial charge < -0.3 is 15.2 Å². The second kappa shape index (κ2) is 4.86. The molecule has 1 atom stereocenters. The van der Waals surface area contributed by atoms with Gasteiger partial charge in [0.25, 0.3) is 0 Å². The van der Waals surface area contributed by atoms with Crippen molar-refractivity contribution in [1.29, 1.82) is 0 Å². The van der Waals surface area contributed by atoms with Crippen molar-refractivity contribution < 1.29 is 9.84 Å². The summed E-state index contributed by atoms with van der Waals surface area (Å²) >= 11 is 0. The molecule has 0 unspecified atom stereocenters. The summed E-state index contributed by atoms with van der Waals surface area (Å²) in [7, 11) is 1.64. The second-order valence-electron chi connectivity index (χ2n) is 3.41. The van der Waals surface area contributed by atoms with Crippen LogP contribution in [0.3, 0.4) is 0 Å². The summed E-state index contributed by atoms with van der Waals surface area (Å²) < 4.78 is 5.11. The van der Waals surface area contributed by atoms with Crippen molar-refractivity contribution in [2.75, 3.05) is 19.0 Å². The highest BCUT2D eigenvalue weighted by atomic mass is 16.5. The highest BCUT2D eigenvalue weighted by Gasteiger charge is 2.01. The third-order valence-corrected chi connectivity index (χ3v) is 2.03. The molecule has 3 heteroatoms. The van der Waals surface area contributed by atoms with Gasteiger partial charge in [-0.25, -0.2) is 0 Å². The number of aryl methyl sites for hydroxylation is 1. The Morgan fingerprint density at radius 3 is 2.79 bits per heavy atom. The van der Waals surface area contributed by atoms with Crippen LogP contribution in [0.1, 0.15) is 12.5 Å². The third kappa shape index (κ3) is 2.92. The van der Waals surface area contributed by atoms with E-state index in [1.54, 1.807) is 14.0 Å². The zero-order chi connectivity index (χ0) is 10.6. The number of anilines is 1. The summed E-state index contributed by atoms with van der Waals surface area (Å²) in [5, 5.41) is 12.3. The Kier molecular flexibility index (Phi) is 3.77. The summed E-state index contributed by atoms with van der Waals surface area (Å²) in [4.78, 5) is 0. The van der Waals surface area contributed by atoms with Crippen LogP contribution in [0.4, 0.5) is 5.69 Å². The van der Waals surface area contributed by atoms with Gasteiger partial charge in [0.2, 0.25) is 0 Å². The quantitative estimate of drug-likeness (QED) is 0.769. The molecule has 2 N–H and O–H groups in total. The van der Waals surface area contributed by atoms with Crippen molar-refractivity contribution in [1.82, 2.24) is 0 Å². The van der Waals surface area contributed by atoms with Crippen molar-refractivity contribution in [3.05, 3.63) is 23.8 Å². The van der Waals surface area contributed by atoms with Crippen LogP contribution in [0.5, 0.6) is 5.75 Å². The molecule has 1 rings (SSSR count). The molecule has 0 aromatic heterocycles. The lowest BCUT2D eigenvalue weighted by atomic mass is 10.2. The van der Waals surface area contributed by atoms with E-state index in [2.05, 4.69) is 5.32 Å². The number of hydrogen-bond donors (Lipinski definition) is 2. The Hall–Kier alpha value is -1.22. The molecule has 0 aliphatic heterocycles. The highest BCUT2D eigenvalue weighted by Crippen LogP contribution is 2.21. The van der Waals surface area contributed by atoms with Crippen LogP contribution in [0.15, 0.2) is 18.2 Å². The molecule has 78 valence electrons. The SMILES string of the molecule is COc1ccc(C)c(NC[C@@H](C)O)c1. The van der Waals surface area contributed by atoms with Gasteiger partial charge in [0, 0.05) is 18.3 Å². The summed E-state index contributed by atoms with van der Waals surface area (Å²) in [6.07, 6.45) is -0.347. The maximum absolute atomic E-state index is 9.14. The zero-order valence-electron chi connectivity index (χ0n) is 8.87. The van der Waals surface area contributed by atoms with E-state index in [-0.39, 0.29) is 6.10 Å². The molecule has 0 saturated carbocycles. The Bertz CT molecular complexity index is 297. The van der Waals surface area contributed by atoms with Crippen LogP contribution in [0, 0.1) is 6.92 Å². The van der Waals surface area contributed by atoms with E-state index in [4.69, 9.17) is 9.84 Å². The zero-order valence-corrected chi connectivity index (χ0v) is 8.87. The lowest BCUT2D eigenvalue weighted by molar-refractivity contribution is 0.208. The van der Waals surface area contributed by atoms with E-state index in [0.717, 1.165) is 17.0 Å². The van der Waals surface area contributed by atoms with Crippen molar-refractivity contribution in [2.45, 2.75) is 20.0 Å². The van der Waals surface area contributed by atoms with Crippen LogP contribution >= 0.6 is 0 Å². The van der Waals surface area contributed by atoms with Gasteiger partial charge in [-0.15, -0.1) is 0 Å². The van der Waals surface area contributed by atoms with Gasteiger partial charge in [-0.05, 0) is 25.5 Å². The van der Waals surface area contributed by atoms with Gasteiger partial charge in [0.05, 0.1) is 13.2 Å². The minimum Gasteiger partial charge on any atom is -0.497 e. The molecule has 1 aromatic carbocycles. The molecule has 0 radical (unpaired) electrons. The molecule has 0 fully saturated rings. The molecule has 0 saturated heterocycles. The predicted molar refractivity (Wildman–Crippen MR) is 57.9 cm³/mol. The van der Waals surface area contributed by atoms with E-state index in [1.807, 2.05) is 25.1 Å². The van der Waals surface area contributed by atoms with Gasteiger partial charge in [-0.2, -0.15) is 0 Å². The summed E-state index contributed by atoms with van der Waals surface area (Å²) in [5.41, 5.74) is 2.15. The topological polar surface area (TPSA) is 41.5 Å². The Balaban J connectivity index is 2.73. The van der Waals surface area contributed by atoms with Crippen LogP contribution in [0.25, 0.3) is 0 Å². The van der Waals surface area contributed by atoms with E-state index in [1.165, 1.54) is 0 Å². The normalized spacial score (nSPS) is 12.3. The number of ether oxygens (including phenoxy) is 1. The molecular weight excluding hydrogens is 178 g/mol. The summed E-state index contributed by atoms with van der Waals surface area (Å²) in [6, 6.07) is 5.84. The first-order chi connectivity index (χ1) is 6.63. The van der Waals surface area contributed by atoms with Crippen molar-refractivity contribution >= 4 is 5.69 Å². The van der Waals surface area contributed by atoms with Crippen LogP contribution in [-0.4, -0.2) is 24.9 Å². The standard InChI is InChI=1S/C11H17NO2/c1-8-4-5-10(14-3)6-11(8)12-7-9(2)13/h4-6,9,12-13H,7H2,1-3H3/t9-/m1/s1. The van der Waals surface area contributed by atoms with Gasteiger partial charge in [-0.1, -0.05) is 6.07 Å². The molecule has 3 nitrogen and oxygen atoms in total. The lowest BCUT2D eigenvalue weighted by Gasteiger charge is -2.12. The second-order valence-corrected chi connectivity index (χ2v) is 3.41. The van der Waals surface area contributed by atoms with E-state index >= 15 is 0 Å². The lowest BCUT2D eigenvalue weighted by Crippen LogP contribution is -2.15. The first-order valence-corrected chi connectivity index (χ1v) is 4.70. The highest BCUT2D eigenvalue weighted by molar-refractivity contribution is 5.54. The van der Waals surface area contributed by atoms with Gasteiger partial charge >= 0.3 is 0 Å². The van der Waals surface area contributed by atoms with Crippen LogP contribution in [0.2, 0.25) is 0 Å². The Morgan fingerprint density at radius 2 is 2.21 bits per heavy atom. The van der Waals surface area contributed by atoms with E-state index in [9.17, 15) is 0 Å². The number of rotatable bonds is 4. The molecule has 0 amide bonds. The minimum absolute atomic E-state index is 0.347. The van der Waals surface area contributed by atoms with Crippen LogP contribution < -0.4 is 10.1 Å². The van der Waals surface area contributed by atoms with Gasteiger partial charge in [0.1, 0.15) is 5.75 Å². The average Bonchev–Trinajstić information content (AvgIpc) is 2.16. The smallest absolute Gasteiger partial charge is 0.120 e. The summed E-state index contributed by atoms with van der Waals surface area (Å²) in [5.74, 6) is 0.823.